The van der Waals surface area contributed by atoms with Crippen LogP contribution in [0, 0.1) is 11.8 Å². The number of para-hydroxylation sites is 2. The molecule has 0 amide bonds. The molecule has 2 fully saturated rings. The van der Waals surface area contributed by atoms with Crippen LogP contribution in [0.15, 0.2) is 48.8 Å². The van der Waals surface area contributed by atoms with Crippen molar-refractivity contribution in [3.8, 4) is 11.5 Å². The lowest BCUT2D eigenvalue weighted by atomic mass is 9.77. The Kier molecular flexibility index (Phi) is 4.43. The molecule has 6 nitrogen and oxygen atoms in total. The molecule has 30 heavy (non-hydrogen) atoms. The van der Waals surface area contributed by atoms with Gasteiger partial charge >= 0.3 is 0 Å². The fraction of sp³-hybridized carbons (Fsp3) is 0.458. The van der Waals surface area contributed by atoms with Gasteiger partial charge in [-0.2, -0.15) is 0 Å². The van der Waals surface area contributed by atoms with Crippen molar-refractivity contribution in [1.82, 2.24) is 14.5 Å². The third-order valence-electron chi connectivity index (χ3n) is 7.04. The predicted octanol–water partition coefficient (Wildman–Crippen LogP) is 3.25. The third kappa shape index (κ3) is 3.15. The second-order valence-corrected chi connectivity index (χ2v) is 8.94. The normalized spacial score (nSPS) is 28.6. The quantitative estimate of drug-likeness (QED) is 0.725. The summed E-state index contributed by atoms with van der Waals surface area (Å²) in [5.41, 5.74) is 3.38. The SMILES string of the molecule is O[C@@H]1C[C@H]2CN(Cc3ccc4c(c3)OCCO4)C[C@H]2C[C@H]1n1cnc2ccccc21. The van der Waals surface area contributed by atoms with E-state index in [1.807, 2.05) is 30.6 Å². The van der Waals surface area contributed by atoms with E-state index in [2.05, 4.69) is 32.7 Å². The second-order valence-electron chi connectivity index (χ2n) is 8.94. The van der Waals surface area contributed by atoms with Gasteiger partial charge in [-0.3, -0.25) is 4.90 Å². The van der Waals surface area contributed by atoms with Gasteiger partial charge in [0, 0.05) is 19.6 Å². The van der Waals surface area contributed by atoms with Crippen LogP contribution in [0.2, 0.25) is 0 Å². The molecule has 1 aliphatic carbocycles. The fourth-order valence-electron chi connectivity index (χ4n) is 5.62. The highest BCUT2D eigenvalue weighted by Gasteiger charge is 2.42. The molecule has 6 rings (SSSR count). The zero-order valence-electron chi connectivity index (χ0n) is 17.0. The van der Waals surface area contributed by atoms with Gasteiger partial charge < -0.3 is 19.1 Å². The standard InChI is InChI=1S/C24H27N3O3/c28-22-11-18-14-26(12-16-5-6-23-24(9-16)30-8-7-29-23)13-17(18)10-21(22)27-15-25-19-3-1-2-4-20(19)27/h1-6,9,15,17-18,21-22,28H,7-8,10-14H2/t17-,18+,21-,22-/m1/s1. The van der Waals surface area contributed by atoms with Crippen LogP contribution in [0.1, 0.15) is 24.4 Å². The van der Waals surface area contributed by atoms with E-state index in [0.29, 0.717) is 25.0 Å². The van der Waals surface area contributed by atoms with Gasteiger partial charge in [0.15, 0.2) is 11.5 Å². The number of hydrogen-bond acceptors (Lipinski definition) is 5. The number of hydrogen-bond donors (Lipinski definition) is 1. The number of likely N-dealkylation sites (tertiary alicyclic amines) is 1. The summed E-state index contributed by atoms with van der Waals surface area (Å²) in [6.07, 6.45) is 3.45. The molecule has 3 aliphatic rings. The maximum Gasteiger partial charge on any atom is 0.161 e. The molecular weight excluding hydrogens is 378 g/mol. The molecule has 1 saturated carbocycles. The summed E-state index contributed by atoms with van der Waals surface area (Å²) < 4.78 is 13.6. The van der Waals surface area contributed by atoms with Crippen molar-refractivity contribution in [3.63, 3.8) is 0 Å². The van der Waals surface area contributed by atoms with Crippen LogP contribution in [0.25, 0.3) is 11.0 Å². The molecule has 156 valence electrons. The van der Waals surface area contributed by atoms with Gasteiger partial charge in [-0.25, -0.2) is 4.98 Å². The molecule has 4 atom stereocenters. The first-order valence-electron chi connectivity index (χ1n) is 10.9. The Bertz CT molecular complexity index is 1060. The lowest BCUT2D eigenvalue weighted by Gasteiger charge is -2.36. The highest BCUT2D eigenvalue weighted by Crippen LogP contribution is 2.42. The molecule has 0 unspecified atom stereocenters. The monoisotopic (exact) mass is 405 g/mol. The van der Waals surface area contributed by atoms with Crippen LogP contribution >= 0.6 is 0 Å². The molecule has 0 spiro atoms. The van der Waals surface area contributed by atoms with Crippen molar-refractivity contribution < 1.29 is 14.6 Å². The summed E-state index contributed by atoms with van der Waals surface area (Å²) in [5, 5.41) is 11.0. The van der Waals surface area contributed by atoms with Crippen LogP contribution in [0.5, 0.6) is 11.5 Å². The number of aromatic nitrogens is 2. The minimum atomic E-state index is -0.321. The summed E-state index contributed by atoms with van der Waals surface area (Å²) >= 11 is 0. The Hall–Kier alpha value is -2.57. The Labute approximate surface area is 176 Å². The van der Waals surface area contributed by atoms with Gasteiger partial charge in [-0.15, -0.1) is 0 Å². The van der Waals surface area contributed by atoms with Gasteiger partial charge in [0.1, 0.15) is 13.2 Å². The van der Waals surface area contributed by atoms with E-state index in [-0.39, 0.29) is 12.1 Å². The van der Waals surface area contributed by atoms with E-state index in [1.165, 1.54) is 5.56 Å². The van der Waals surface area contributed by atoms with Crippen LogP contribution in [-0.4, -0.2) is 52.0 Å². The first kappa shape index (κ1) is 18.2. The lowest BCUT2D eigenvalue weighted by Crippen LogP contribution is -2.36. The number of aliphatic hydroxyl groups is 1. The maximum atomic E-state index is 11.0. The van der Waals surface area contributed by atoms with E-state index in [9.17, 15) is 5.11 Å². The van der Waals surface area contributed by atoms with Gasteiger partial charge in [-0.1, -0.05) is 18.2 Å². The number of rotatable bonds is 3. The number of benzene rings is 2. The summed E-state index contributed by atoms with van der Waals surface area (Å²) in [4.78, 5) is 7.07. The molecule has 0 radical (unpaired) electrons. The van der Waals surface area contributed by atoms with Crippen molar-refractivity contribution in [3.05, 3.63) is 54.4 Å². The lowest BCUT2D eigenvalue weighted by molar-refractivity contribution is 0.0374. The van der Waals surface area contributed by atoms with E-state index < -0.39 is 0 Å². The highest BCUT2D eigenvalue weighted by atomic mass is 16.6. The van der Waals surface area contributed by atoms with Gasteiger partial charge in [0.2, 0.25) is 0 Å². The fourth-order valence-corrected chi connectivity index (χ4v) is 5.62. The number of fused-ring (bicyclic) bond motifs is 3. The Morgan fingerprint density at radius 2 is 1.77 bits per heavy atom. The molecule has 2 aliphatic heterocycles. The molecule has 0 bridgehead atoms. The van der Waals surface area contributed by atoms with Gasteiger partial charge in [-0.05, 0) is 54.5 Å². The number of aliphatic hydroxyl groups excluding tert-OH is 1. The van der Waals surface area contributed by atoms with E-state index in [1.54, 1.807) is 0 Å². The van der Waals surface area contributed by atoms with Gasteiger partial charge in [0.25, 0.3) is 0 Å². The molecule has 6 heteroatoms. The van der Waals surface area contributed by atoms with Crippen molar-refractivity contribution in [1.29, 1.82) is 0 Å². The van der Waals surface area contributed by atoms with Crippen LogP contribution in [0.4, 0.5) is 0 Å². The Morgan fingerprint density at radius 3 is 2.67 bits per heavy atom. The topological polar surface area (TPSA) is 59.8 Å². The van der Waals surface area contributed by atoms with Crippen molar-refractivity contribution in [2.75, 3.05) is 26.3 Å². The van der Waals surface area contributed by atoms with Crippen molar-refractivity contribution >= 4 is 11.0 Å². The van der Waals surface area contributed by atoms with Crippen LogP contribution in [0.3, 0.4) is 0 Å². The number of ether oxygens (including phenoxy) is 2. The molecule has 3 aromatic rings. The largest absolute Gasteiger partial charge is 0.486 e. The second kappa shape index (κ2) is 7.29. The summed E-state index contributed by atoms with van der Waals surface area (Å²) in [7, 11) is 0. The van der Waals surface area contributed by atoms with E-state index in [4.69, 9.17) is 9.47 Å². The third-order valence-corrected chi connectivity index (χ3v) is 7.04. The Morgan fingerprint density at radius 1 is 0.967 bits per heavy atom. The summed E-state index contributed by atoms with van der Waals surface area (Å²) in [6.45, 7) is 4.28. The molecule has 1 N–H and O–H groups in total. The zero-order chi connectivity index (χ0) is 20.1. The highest BCUT2D eigenvalue weighted by molar-refractivity contribution is 5.75. The van der Waals surface area contributed by atoms with Gasteiger partial charge in [0.05, 0.1) is 29.5 Å². The number of imidazole rings is 1. The summed E-state index contributed by atoms with van der Waals surface area (Å²) in [6, 6.07) is 14.6. The van der Waals surface area contributed by atoms with Crippen LogP contribution < -0.4 is 9.47 Å². The zero-order valence-corrected chi connectivity index (χ0v) is 17.0. The predicted molar refractivity (Wildman–Crippen MR) is 114 cm³/mol. The van der Waals surface area contributed by atoms with Crippen molar-refractivity contribution in [2.24, 2.45) is 11.8 Å². The minimum absolute atomic E-state index is 0.105. The smallest absolute Gasteiger partial charge is 0.161 e. The first-order valence-corrected chi connectivity index (χ1v) is 10.9. The number of nitrogens with zero attached hydrogens (tertiary/aromatic N) is 3. The van der Waals surface area contributed by atoms with E-state index in [0.717, 1.165) is 55.0 Å². The average molecular weight is 405 g/mol. The van der Waals surface area contributed by atoms with E-state index >= 15 is 0 Å². The molecule has 3 heterocycles. The Balaban J connectivity index is 1.17. The molecular formula is C24H27N3O3. The summed E-state index contributed by atoms with van der Waals surface area (Å²) in [5.74, 6) is 2.87. The molecule has 1 saturated heterocycles. The van der Waals surface area contributed by atoms with Crippen molar-refractivity contribution in [2.45, 2.75) is 31.5 Å². The minimum Gasteiger partial charge on any atom is -0.486 e. The van der Waals surface area contributed by atoms with Crippen LogP contribution in [-0.2, 0) is 6.54 Å². The molecule has 2 aromatic carbocycles. The maximum absolute atomic E-state index is 11.0. The average Bonchev–Trinajstić information content (AvgIpc) is 3.36. The first-order chi connectivity index (χ1) is 14.7. The molecule has 1 aromatic heterocycles.